The van der Waals surface area contributed by atoms with Crippen molar-refractivity contribution >= 4 is 21.8 Å². The van der Waals surface area contributed by atoms with Crippen LogP contribution in [0.25, 0.3) is 0 Å². The van der Waals surface area contributed by atoms with Crippen molar-refractivity contribution in [2.45, 2.75) is 63.2 Å². The van der Waals surface area contributed by atoms with Crippen molar-refractivity contribution in [2.75, 3.05) is 26.2 Å². The van der Waals surface area contributed by atoms with Crippen LogP contribution in [0.4, 0.5) is 0 Å². The summed E-state index contributed by atoms with van der Waals surface area (Å²) in [4.78, 5) is 27.0. The van der Waals surface area contributed by atoms with Gasteiger partial charge in [-0.2, -0.15) is 0 Å². The molecule has 1 aliphatic heterocycles. The van der Waals surface area contributed by atoms with E-state index in [4.69, 9.17) is 0 Å². The zero-order chi connectivity index (χ0) is 22.3. The summed E-state index contributed by atoms with van der Waals surface area (Å²) < 4.78 is 27.6. The minimum absolute atomic E-state index is 0.00875. The van der Waals surface area contributed by atoms with Gasteiger partial charge in [-0.3, -0.25) is 9.59 Å². The minimum Gasteiger partial charge on any atom is -0.347 e. The highest BCUT2D eigenvalue weighted by Crippen LogP contribution is 2.29. The van der Waals surface area contributed by atoms with Crippen LogP contribution in [0, 0.1) is 18.8 Å². The van der Waals surface area contributed by atoms with Gasteiger partial charge in [0.05, 0.1) is 11.4 Å². The van der Waals surface area contributed by atoms with Crippen LogP contribution in [0.1, 0.15) is 56.9 Å². The second-order valence-electron chi connectivity index (χ2n) is 8.90. The van der Waals surface area contributed by atoms with Crippen molar-refractivity contribution in [1.82, 2.24) is 14.9 Å². The molecule has 3 rings (SSSR count). The largest absolute Gasteiger partial charge is 0.347 e. The van der Waals surface area contributed by atoms with Gasteiger partial charge < -0.3 is 10.2 Å². The van der Waals surface area contributed by atoms with Crippen molar-refractivity contribution in [3.8, 4) is 0 Å². The van der Waals surface area contributed by atoms with E-state index < -0.39 is 10.0 Å². The second-order valence-corrected chi connectivity index (χ2v) is 10.7. The summed E-state index contributed by atoms with van der Waals surface area (Å²) in [6.45, 7) is 3.97. The molecule has 2 amide bonds. The lowest BCUT2D eigenvalue weighted by molar-refractivity contribution is -0.134. The fourth-order valence-corrected chi connectivity index (χ4v) is 5.51. The molecule has 1 aliphatic carbocycles. The van der Waals surface area contributed by atoms with Gasteiger partial charge in [0.1, 0.15) is 0 Å². The molecule has 1 aromatic rings. The van der Waals surface area contributed by atoms with Crippen LogP contribution in [0.15, 0.2) is 29.2 Å². The number of aryl methyl sites for hydroxylation is 1. The lowest BCUT2D eigenvalue weighted by atomic mass is 9.81. The van der Waals surface area contributed by atoms with Gasteiger partial charge in [-0.05, 0) is 63.5 Å². The maximum atomic E-state index is 12.5. The first kappa shape index (κ1) is 23.7. The van der Waals surface area contributed by atoms with E-state index in [1.807, 2.05) is 11.8 Å². The molecule has 2 N–H and O–H groups in total. The molecule has 0 unspecified atom stereocenters. The van der Waals surface area contributed by atoms with Crippen molar-refractivity contribution in [3.63, 3.8) is 0 Å². The SMILES string of the molecule is Cc1ccc(S(=O)(=O)NCC2CCC(C(=O)NCC(=O)N3CCCCCC3)CC2)cc1. The van der Waals surface area contributed by atoms with E-state index in [0.717, 1.165) is 57.2 Å². The highest BCUT2D eigenvalue weighted by atomic mass is 32.2. The Hall–Kier alpha value is -1.93. The number of hydrogen-bond acceptors (Lipinski definition) is 4. The number of benzene rings is 1. The molecule has 7 nitrogen and oxygen atoms in total. The Morgan fingerprint density at radius 1 is 0.968 bits per heavy atom. The smallest absolute Gasteiger partial charge is 0.241 e. The molecule has 1 aromatic carbocycles. The van der Waals surface area contributed by atoms with Crippen LogP contribution in [0.2, 0.25) is 0 Å². The number of nitrogens with zero attached hydrogens (tertiary/aromatic N) is 1. The number of carbonyl (C=O) groups excluding carboxylic acids is 2. The first-order valence-electron chi connectivity index (χ1n) is 11.5. The van der Waals surface area contributed by atoms with Crippen LogP contribution in [0.3, 0.4) is 0 Å². The maximum absolute atomic E-state index is 12.5. The van der Waals surface area contributed by atoms with E-state index in [1.165, 1.54) is 12.8 Å². The topological polar surface area (TPSA) is 95.6 Å². The highest BCUT2D eigenvalue weighted by Gasteiger charge is 2.28. The molecular formula is C23H35N3O4S. The monoisotopic (exact) mass is 449 g/mol. The number of sulfonamides is 1. The van der Waals surface area contributed by atoms with E-state index in [-0.39, 0.29) is 35.1 Å². The third-order valence-corrected chi connectivity index (χ3v) is 7.92. The van der Waals surface area contributed by atoms with Gasteiger partial charge in [-0.1, -0.05) is 30.5 Å². The summed E-state index contributed by atoms with van der Waals surface area (Å²) >= 11 is 0. The number of rotatable bonds is 7. The summed E-state index contributed by atoms with van der Waals surface area (Å²) in [5.74, 6) is 0.0844. The predicted octanol–water partition coefficient (Wildman–Crippen LogP) is 2.60. The Bertz CT molecular complexity index is 838. The first-order chi connectivity index (χ1) is 14.8. The molecule has 0 spiro atoms. The lowest BCUT2D eigenvalue weighted by Gasteiger charge is -2.28. The van der Waals surface area contributed by atoms with Crippen LogP contribution in [-0.4, -0.2) is 51.3 Å². The molecule has 8 heteroatoms. The number of likely N-dealkylation sites (tertiary alicyclic amines) is 1. The molecule has 172 valence electrons. The number of amides is 2. The number of carbonyl (C=O) groups is 2. The molecule has 1 saturated heterocycles. The zero-order valence-electron chi connectivity index (χ0n) is 18.4. The third kappa shape index (κ3) is 7.04. The van der Waals surface area contributed by atoms with Crippen LogP contribution >= 0.6 is 0 Å². The molecule has 2 fully saturated rings. The Morgan fingerprint density at radius 3 is 2.19 bits per heavy atom. The summed E-state index contributed by atoms with van der Waals surface area (Å²) in [5, 5.41) is 2.83. The van der Waals surface area contributed by atoms with Crippen molar-refractivity contribution in [2.24, 2.45) is 11.8 Å². The fourth-order valence-electron chi connectivity index (χ4n) is 4.40. The Labute approximate surface area is 186 Å². The van der Waals surface area contributed by atoms with Gasteiger partial charge in [0.2, 0.25) is 21.8 Å². The molecule has 0 atom stereocenters. The van der Waals surface area contributed by atoms with E-state index in [1.54, 1.807) is 24.3 Å². The summed E-state index contributed by atoms with van der Waals surface area (Å²) in [7, 11) is -3.51. The van der Waals surface area contributed by atoms with Gasteiger partial charge in [0.15, 0.2) is 0 Å². The zero-order valence-corrected chi connectivity index (χ0v) is 19.3. The Balaban J connectivity index is 1.38. The third-order valence-electron chi connectivity index (χ3n) is 6.48. The molecule has 2 aliphatic rings. The molecular weight excluding hydrogens is 414 g/mol. The summed E-state index contributed by atoms with van der Waals surface area (Å²) in [6, 6.07) is 6.81. The molecule has 0 bridgehead atoms. The quantitative estimate of drug-likeness (QED) is 0.669. The van der Waals surface area contributed by atoms with Crippen molar-refractivity contribution in [1.29, 1.82) is 0 Å². The van der Waals surface area contributed by atoms with Gasteiger partial charge in [-0.15, -0.1) is 0 Å². The Kier molecular flexibility index (Phi) is 8.49. The van der Waals surface area contributed by atoms with Gasteiger partial charge in [-0.25, -0.2) is 13.1 Å². The van der Waals surface area contributed by atoms with Crippen molar-refractivity contribution in [3.05, 3.63) is 29.8 Å². The fraction of sp³-hybridized carbons (Fsp3) is 0.652. The van der Waals surface area contributed by atoms with Gasteiger partial charge in [0.25, 0.3) is 0 Å². The van der Waals surface area contributed by atoms with Crippen LogP contribution < -0.4 is 10.0 Å². The average Bonchev–Trinajstić information content (AvgIpc) is 3.06. The predicted molar refractivity (Wildman–Crippen MR) is 120 cm³/mol. The van der Waals surface area contributed by atoms with E-state index >= 15 is 0 Å². The van der Waals surface area contributed by atoms with Gasteiger partial charge >= 0.3 is 0 Å². The number of hydrogen-bond donors (Lipinski definition) is 2. The molecule has 1 saturated carbocycles. The first-order valence-corrected chi connectivity index (χ1v) is 13.0. The summed E-state index contributed by atoms with van der Waals surface area (Å²) in [6.07, 6.45) is 7.46. The molecule has 0 radical (unpaired) electrons. The maximum Gasteiger partial charge on any atom is 0.241 e. The van der Waals surface area contributed by atoms with E-state index in [0.29, 0.717) is 6.54 Å². The molecule has 1 heterocycles. The average molecular weight is 450 g/mol. The van der Waals surface area contributed by atoms with Gasteiger partial charge in [0, 0.05) is 25.6 Å². The number of nitrogens with one attached hydrogen (secondary N) is 2. The van der Waals surface area contributed by atoms with Crippen LogP contribution in [-0.2, 0) is 19.6 Å². The highest BCUT2D eigenvalue weighted by molar-refractivity contribution is 7.89. The molecule has 0 aromatic heterocycles. The lowest BCUT2D eigenvalue weighted by Crippen LogP contribution is -2.43. The van der Waals surface area contributed by atoms with Crippen molar-refractivity contribution < 1.29 is 18.0 Å². The van der Waals surface area contributed by atoms with E-state index in [9.17, 15) is 18.0 Å². The second kappa shape index (κ2) is 11.1. The minimum atomic E-state index is -3.51. The normalized spacial score (nSPS) is 22.5. The van der Waals surface area contributed by atoms with Crippen LogP contribution in [0.5, 0.6) is 0 Å². The van der Waals surface area contributed by atoms with E-state index in [2.05, 4.69) is 10.0 Å². The molecule has 31 heavy (non-hydrogen) atoms. The Morgan fingerprint density at radius 2 is 1.58 bits per heavy atom. The summed E-state index contributed by atoms with van der Waals surface area (Å²) in [5.41, 5.74) is 1.02. The standard InChI is InChI=1S/C23H35N3O4S/c1-18-6-12-21(13-7-18)31(29,30)25-16-19-8-10-20(11-9-19)23(28)24-17-22(27)26-14-4-2-3-5-15-26/h6-7,12-13,19-20,25H,2-5,8-11,14-17H2,1H3,(H,24,28).